The third kappa shape index (κ3) is 2.97. The molecule has 3 aromatic rings. The maximum Gasteiger partial charge on any atom is 0.199 e. The molecule has 0 aliphatic carbocycles. The van der Waals surface area contributed by atoms with Gasteiger partial charge in [0.25, 0.3) is 0 Å². The van der Waals surface area contributed by atoms with Gasteiger partial charge in [0.1, 0.15) is 17.2 Å². The number of rotatable bonds is 3. The summed E-state index contributed by atoms with van der Waals surface area (Å²) >= 11 is 0. The largest absolute Gasteiger partial charge is 0.508 e. The molecule has 0 saturated carbocycles. The van der Waals surface area contributed by atoms with E-state index in [0.29, 0.717) is 12.3 Å². The van der Waals surface area contributed by atoms with Gasteiger partial charge in [-0.3, -0.25) is 0 Å². The first-order valence-electron chi connectivity index (χ1n) is 6.93. The number of aromatic hydroxyl groups is 1. The number of phenols is 1. The molecule has 0 atom stereocenters. The molecule has 2 aromatic carbocycles. The highest BCUT2D eigenvalue weighted by Crippen LogP contribution is 2.26. The maximum absolute atomic E-state index is 9.36. The van der Waals surface area contributed by atoms with Gasteiger partial charge in [-0.05, 0) is 43.7 Å². The zero-order valence-electron chi connectivity index (χ0n) is 12.1. The topological polar surface area (TPSA) is 46.3 Å². The fourth-order valence-electron chi connectivity index (χ4n) is 2.41. The van der Waals surface area contributed by atoms with Crippen molar-refractivity contribution in [2.24, 2.45) is 0 Å². The normalized spacial score (nSPS) is 10.8. The number of oxazole rings is 1. The lowest BCUT2D eigenvalue weighted by Gasteiger charge is -1.98. The molecule has 0 spiro atoms. The second-order valence-corrected chi connectivity index (χ2v) is 5.23. The monoisotopic (exact) mass is 279 g/mol. The van der Waals surface area contributed by atoms with Crippen LogP contribution in [0.5, 0.6) is 5.75 Å². The molecule has 21 heavy (non-hydrogen) atoms. The van der Waals surface area contributed by atoms with Gasteiger partial charge >= 0.3 is 0 Å². The molecular formula is C18H17NO2. The van der Waals surface area contributed by atoms with E-state index in [1.807, 2.05) is 25.1 Å². The SMILES string of the molecule is Cc1cccc(Cc2nc(-c3ccc(O)cc3)c(C)o2)c1. The van der Waals surface area contributed by atoms with Gasteiger partial charge < -0.3 is 9.52 Å². The molecule has 0 aliphatic rings. The van der Waals surface area contributed by atoms with Crippen molar-refractivity contribution in [1.82, 2.24) is 4.98 Å². The van der Waals surface area contributed by atoms with Gasteiger partial charge in [-0.15, -0.1) is 0 Å². The smallest absolute Gasteiger partial charge is 0.199 e. The van der Waals surface area contributed by atoms with Crippen LogP contribution >= 0.6 is 0 Å². The molecule has 0 amide bonds. The van der Waals surface area contributed by atoms with E-state index in [0.717, 1.165) is 17.0 Å². The standard InChI is InChI=1S/C18H17NO2/c1-12-4-3-5-14(10-12)11-17-19-18(13(2)21-17)15-6-8-16(20)9-7-15/h3-10,20H,11H2,1-2H3. The Balaban J connectivity index is 1.89. The van der Waals surface area contributed by atoms with Crippen molar-refractivity contribution in [2.75, 3.05) is 0 Å². The van der Waals surface area contributed by atoms with E-state index in [1.165, 1.54) is 11.1 Å². The first-order valence-corrected chi connectivity index (χ1v) is 6.93. The van der Waals surface area contributed by atoms with Crippen LogP contribution in [-0.2, 0) is 6.42 Å². The molecule has 1 heterocycles. The van der Waals surface area contributed by atoms with Crippen LogP contribution in [0.4, 0.5) is 0 Å². The number of hydrogen-bond acceptors (Lipinski definition) is 3. The van der Waals surface area contributed by atoms with Crippen LogP contribution in [0.2, 0.25) is 0 Å². The van der Waals surface area contributed by atoms with E-state index in [2.05, 4.69) is 30.1 Å². The predicted molar refractivity (Wildman–Crippen MR) is 82.3 cm³/mol. The van der Waals surface area contributed by atoms with Crippen LogP contribution in [0.3, 0.4) is 0 Å². The molecule has 0 bridgehead atoms. The fraction of sp³-hybridized carbons (Fsp3) is 0.167. The van der Waals surface area contributed by atoms with Crippen LogP contribution in [-0.4, -0.2) is 10.1 Å². The van der Waals surface area contributed by atoms with E-state index in [1.54, 1.807) is 12.1 Å². The molecule has 1 aromatic heterocycles. The lowest BCUT2D eigenvalue weighted by molar-refractivity contribution is 0.475. The minimum absolute atomic E-state index is 0.250. The van der Waals surface area contributed by atoms with Crippen molar-refractivity contribution in [3.05, 3.63) is 71.3 Å². The van der Waals surface area contributed by atoms with E-state index >= 15 is 0 Å². The number of nitrogens with zero attached hydrogens (tertiary/aromatic N) is 1. The maximum atomic E-state index is 9.36. The van der Waals surface area contributed by atoms with Gasteiger partial charge in [-0.2, -0.15) is 0 Å². The minimum Gasteiger partial charge on any atom is -0.508 e. The quantitative estimate of drug-likeness (QED) is 0.779. The Morgan fingerprint density at radius 1 is 1.05 bits per heavy atom. The van der Waals surface area contributed by atoms with Gasteiger partial charge in [-0.1, -0.05) is 29.8 Å². The third-order valence-corrected chi connectivity index (χ3v) is 3.42. The fourth-order valence-corrected chi connectivity index (χ4v) is 2.41. The van der Waals surface area contributed by atoms with Gasteiger partial charge in [0.05, 0.1) is 0 Å². The number of aryl methyl sites for hydroxylation is 2. The first kappa shape index (κ1) is 13.4. The van der Waals surface area contributed by atoms with E-state index in [-0.39, 0.29) is 5.75 Å². The Labute approximate surface area is 123 Å². The molecule has 3 nitrogen and oxygen atoms in total. The Kier molecular flexibility index (Phi) is 3.48. The summed E-state index contributed by atoms with van der Waals surface area (Å²) in [5, 5.41) is 9.36. The van der Waals surface area contributed by atoms with E-state index in [4.69, 9.17) is 4.42 Å². The zero-order valence-corrected chi connectivity index (χ0v) is 12.1. The van der Waals surface area contributed by atoms with Gasteiger partial charge in [-0.25, -0.2) is 4.98 Å². The highest BCUT2D eigenvalue weighted by atomic mass is 16.4. The van der Waals surface area contributed by atoms with Crippen molar-refractivity contribution in [2.45, 2.75) is 20.3 Å². The molecule has 0 aliphatic heterocycles. The molecule has 0 fully saturated rings. The number of phenolic OH excluding ortho intramolecular Hbond substituents is 1. The lowest BCUT2D eigenvalue weighted by Crippen LogP contribution is -1.89. The van der Waals surface area contributed by atoms with E-state index in [9.17, 15) is 5.11 Å². The number of benzene rings is 2. The molecule has 3 heteroatoms. The third-order valence-electron chi connectivity index (χ3n) is 3.42. The number of aromatic nitrogens is 1. The van der Waals surface area contributed by atoms with Crippen molar-refractivity contribution in [3.63, 3.8) is 0 Å². The summed E-state index contributed by atoms with van der Waals surface area (Å²) in [5.74, 6) is 1.75. The highest BCUT2D eigenvalue weighted by molar-refractivity contribution is 5.61. The highest BCUT2D eigenvalue weighted by Gasteiger charge is 2.12. The molecule has 0 saturated heterocycles. The van der Waals surface area contributed by atoms with Crippen LogP contribution in [0.25, 0.3) is 11.3 Å². The molecule has 3 rings (SSSR count). The van der Waals surface area contributed by atoms with Crippen LogP contribution in [0, 0.1) is 13.8 Å². The van der Waals surface area contributed by atoms with Gasteiger partial charge in [0, 0.05) is 12.0 Å². The molecule has 0 radical (unpaired) electrons. The van der Waals surface area contributed by atoms with E-state index < -0.39 is 0 Å². The second-order valence-electron chi connectivity index (χ2n) is 5.23. The summed E-state index contributed by atoms with van der Waals surface area (Å²) in [5.41, 5.74) is 4.20. The van der Waals surface area contributed by atoms with Crippen LogP contribution < -0.4 is 0 Å². The molecule has 1 N–H and O–H groups in total. The van der Waals surface area contributed by atoms with Crippen LogP contribution in [0.15, 0.2) is 52.9 Å². The number of hydrogen-bond donors (Lipinski definition) is 1. The van der Waals surface area contributed by atoms with Crippen molar-refractivity contribution < 1.29 is 9.52 Å². The second kappa shape index (κ2) is 5.44. The van der Waals surface area contributed by atoms with Crippen molar-refractivity contribution in [3.8, 4) is 17.0 Å². The molecule has 106 valence electrons. The summed E-state index contributed by atoms with van der Waals surface area (Å²) in [4.78, 5) is 4.59. The minimum atomic E-state index is 0.250. The van der Waals surface area contributed by atoms with Gasteiger partial charge in [0.15, 0.2) is 5.89 Å². The average molecular weight is 279 g/mol. The van der Waals surface area contributed by atoms with Crippen LogP contribution in [0.1, 0.15) is 22.8 Å². The van der Waals surface area contributed by atoms with Crippen molar-refractivity contribution in [1.29, 1.82) is 0 Å². The summed E-state index contributed by atoms with van der Waals surface area (Å²) < 4.78 is 5.77. The molecular weight excluding hydrogens is 262 g/mol. The summed E-state index contributed by atoms with van der Waals surface area (Å²) in [6.45, 7) is 3.99. The predicted octanol–water partition coefficient (Wildman–Crippen LogP) is 4.25. The Bertz CT molecular complexity index is 757. The summed E-state index contributed by atoms with van der Waals surface area (Å²) in [6.07, 6.45) is 0.681. The Morgan fingerprint density at radius 2 is 1.81 bits per heavy atom. The lowest BCUT2D eigenvalue weighted by atomic mass is 10.1. The Morgan fingerprint density at radius 3 is 2.52 bits per heavy atom. The Hall–Kier alpha value is -2.55. The zero-order chi connectivity index (χ0) is 14.8. The van der Waals surface area contributed by atoms with Gasteiger partial charge in [0.2, 0.25) is 0 Å². The average Bonchev–Trinajstić information content (AvgIpc) is 2.80. The first-order chi connectivity index (χ1) is 10.1. The summed E-state index contributed by atoms with van der Waals surface area (Å²) in [6, 6.07) is 15.3. The molecule has 0 unspecified atom stereocenters. The van der Waals surface area contributed by atoms with Crippen molar-refractivity contribution >= 4 is 0 Å². The summed E-state index contributed by atoms with van der Waals surface area (Å²) in [7, 11) is 0.